The number of hydrogen-bond acceptors (Lipinski definition) is 5. The van der Waals surface area contributed by atoms with Crippen molar-refractivity contribution in [1.29, 1.82) is 0 Å². The van der Waals surface area contributed by atoms with E-state index in [-0.39, 0.29) is 11.4 Å². The highest BCUT2D eigenvalue weighted by Crippen LogP contribution is 2.28. The van der Waals surface area contributed by atoms with E-state index in [4.69, 9.17) is 4.74 Å². The highest BCUT2D eigenvalue weighted by Gasteiger charge is 2.24. The summed E-state index contributed by atoms with van der Waals surface area (Å²) in [6.07, 6.45) is -1.23. The molecule has 1 N–H and O–H groups in total. The van der Waals surface area contributed by atoms with Crippen molar-refractivity contribution in [3.05, 3.63) is 80.5 Å². The average Bonchev–Trinajstić information content (AvgIpc) is 2.91. The molecule has 9 nitrogen and oxygen atoms in total. The number of nitro groups is 1. The second-order valence-electron chi connectivity index (χ2n) is 6.56. The van der Waals surface area contributed by atoms with Crippen LogP contribution in [-0.4, -0.2) is 26.3 Å². The van der Waals surface area contributed by atoms with Gasteiger partial charge in [-0.2, -0.15) is 0 Å². The molecular formula is C20H19FN4O5. The fourth-order valence-corrected chi connectivity index (χ4v) is 2.91. The third-order valence-corrected chi connectivity index (χ3v) is 4.59. The zero-order chi connectivity index (χ0) is 22.0. The number of nitrogens with one attached hydrogen (secondary N) is 1. The largest absolute Gasteiger partial charge is 0.474 e. The van der Waals surface area contributed by atoms with Crippen LogP contribution in [0.4, 0.5) is 15.8 Å². The number of para-hydroxylation sites is 1. The van der Waals surface area contributed by atoms with E-state index >= 15 is 0 Å². The molecule has 0 saturated carbocycles. The Bertz CT molecular complexity index is 1170. The number of rotatable bonds is 6. The molecule has 0 radical (unpaired) electrons. The number of benzene rings is 2. The molecule has 0 saturated heterocycles. The van der Waals surface area contributed by atoms with Gasteiger partial charge in [0.1, 0.15) is 11.5 Å². The van der Waals surface area contributed by atoms with Crippen LogP contribution in [0.15, 0.2) is 53.3 Å². The fourth-order valence-electron chi connectivity index (χ4n) is 2.91. The first-order chi connectivity index (χ1) is 14.2. The number of halogens is 1. The first kappa shape index (κ1) is 20.8. The van der Waals surface area contributed by atoms with Crippen molar-refractivity contribution in [3.8, 4) is 11.4 Å². The zero-order valence-corrected chi connectivity index (χ0v) is 16.5. The van der Waals surface area contributed by atoms with Crippen LogP contribution < -0.4 is 15.6 Å². The lowest BCUT2D eigenvalue weighted by Gasteiger charge is -2.14. The normalized spacial score (nSPS) is 11.7. The summed E-state index contributed by atoms with van der Waals surface area (Å²) < 4.78 is 21.8. The number of nitrogens with zero attached hydrogens (tertiary/aromatic N) is 3. The van der Waals surface area contributed by atoms with Gasteiger partial charge in [0.05, 0.1) is 16.3 Å². The van der Waals surface area contributed by atoms with E-state index in [9.17, 15) is 24.1 Å². The number of hydrogen-bond donors (Lipinski definition) is 1. The topological polar surface area (TPSA) is 108 Å². The summed E-state index contributed by atoms with van der Waals surface area (Å²) in [6, 6.07) is 11.6. The summed E-state index contributed by atoms with van der Waals surface area (Å²) in [5, 5.41) is 13.6. The minimum absolute atomic E-state index is 0.0514. The molecule has 1 heterocycles. The predicted molar refractivity (Wildman–Crippen MR) is 108 cm³/mol. The van der Waals surface area contributed by atoms with Gasteiger partial charge in [-0.05, 0) is 32.0 Å². The van der Waals surface area contributed by atoms with Crippen LogP contribution in [0.25, 0.3) is 5.69 Å². The van der Waals surface area contributed by atoms with Crippen molar-refractivity contribution in [1.82, 2.24) is 9.36 Å². The molecule has 3 rings (SSSR count). The third kappa shape index (κ3) is 3.93. The van der Waals surface area contributed by atoms with E-state index in [1.165, 1.54) is 11.6 Å². The van der Waals surface area contributed by atoms with E-state index in [1.807, 2.05) is 6.07 Å². The van der Waals surface area contributed by atoms with Gasteiger partial charge in [0.15, 0.2) is 6.10 Å². The molecule has 0 unspecified atom stereocenters. The Hall–Kier alpha value is -3.95. The monoisotopic (exact) mass is 414 g/mol. The van der Waals surface area contributed by atoms with Crippen LogP contribution in [0.1, 0.15) is 12.6 Å². The molecule has 0 aliphatic carbocycles. The smallest absolute Gasteiger partial charge is 0.311 e. The summed E-state index contributed by atoms with van der Waals surface area (Å²) in [7, 11) is 1.68. The molecule has 0 bridgehead atoms. The van der Waals surface area contributed by atoms with Gasteiger partial charge >= 0.3 is 5.69 Å². The highest BCUT2D eigenvalue weighted by molar-refractivity contribution is 5.94. The predicted octanol–water partition coefficient (Wildman–Crippen LogP) is 2.94. The van der Waals surface area contributed by atoms with Crippen LogP contribution >= 0.6 is 0 Å². The Kier molecular flexibility index (Phi) is 5.67. The SMILES string of the molecule is Cc1c(NC(=O)[C@H](C)Oc2cc(F)ccc2[N+](=O)[O-])c(=O)n(-c2ccccc2)n1C. The van der Waals surface area contributed by atoms with Gasteiger partial charge in [-0.3, -0.25) is 24.4 Å². The standard InChI is InChI=1S/C20H19FN4O5/c1-12-18(20(27)24(23(12)3)15-7-5-4-6-8-15)22-19(26)13(2)30-17-11-14(21)9-10-16(17)25(28)29/h4-11,13H,1-3H3,(H,22,26)/t13-/m0/s1. The molecule has 1 aromatic heterocycles. The summed E-state index contributed by atoms with van der Waals surface area (Å²) in [5.41, 5.74) is 0.252. The lowest BCUT2D eigenvalue weighted by Crippen LogP contribution is -2.32. The molecule has 0 aliphatic rings. The number of carbonyl (C=O) groups is 1. The summed E-state index contributed by atoms with van der Waals surface area (Å²) in [6.45, 7) is 3.01. The van der Waals surface area contributed by atoms with E-state index < -0.39 is 34.0 Å². The van der Waals surface area contributed by atoms with Crippen molar-refractivity contribution >= 4 is 17.3 Å². The highest BCUT2D eigenvalue weighted by atomic mass is 19.1. The van der Waals surface area contributed by atoms with Crippen molar-refractivity contribution in [3.63, 3.8) is 0 Å². The molecule has 1 atom stereocenters. The molecule has 10 heteroatoms. The second kappa shape index (κ2) is 8.19. The van der Waals surface area contributed by atoms with Crippen molar-refractivity contribution in [2.75, 3.05) is 5.32 Å². The van der Waals surface area contributed by atoms with Gasteiger partial charge < -0.3 is 10.1 Å². The second-order valence-corrected chi connectivity index (χ2v) is 6.56. The van der Waals surface area contributed by atoms with Crippen molar-refractivity contribution < 1.29 is 18.8 Å². The van der Waals surface area contributed by atoms with Crippen LogP contribution in [0.5, 0.6) is 5.75 Å². The lowest BCUT2D eigenvalue weighted by atomic mass is 10.2. The van der Waals surface area contributed by atoms with Gasteiger partial charge in [-0.1, -0.05) is 18.2 Å². The zero-order valence-electron chi connectivity index (χ0n) is 16.5. The molecule has 156 valence electrons. The summed E-state index contributed by atoms with van der Waals surface area (Å²) >= 11 is 0. The minimum Gasteiger partial charge on any atom is -0.474 e. The van der Waals surface area contributed by atoms with Crippen molar-refractivity contribution in [2.24, 2.45) is 7.05 Å². The van der Waals surface area contributed by atoms with Gasteiger partial charge in [0.25, 0.3) is 11.5 Å². The summed E-state index contributed by atoms with van der Waals surface area (Å²) in [4.78, 5) is 35.8. The third-order valence-electron chi connectivity index (χ3n) is 4.59. The van der Waals surface area contributed by atoms with E-state index in [2.05, 4.69) is 5.32 Å². The number of aromatic nitrogens is 2. The maximum Gasteiger partial charge on any atom is 0.311 e. The number of amides is 1. The van der Waals surface area contributed by atoms with Crippen LogP contribution in [0.2, 0.25) is 0 Å². The number of ether oxygens (including phenoxy) is 1. The Morgan fingerprint density at radius 3 is 2.53 bits per heavy atom. The van der Waals surface area contributed by atoms with Gasteiger partial charge in [0.2, 0.25) is 5.75 Å². The van der Waals surface area contributed by atoms with Crippen LogP contribution in [0, 0.1) is 22.9 Å². The number of nitro benzene ring substituents is 1. The van der Waals surface area contributed by atoms with Crippen LogP contribution in [0.3, 0.4) is 0 Å². The first-order valence-corrected chi connectivity index (χ1v) is 8.96. The molecule has 0 fully saturated rings. The molecule has 30 heavy (non-hydrogen) atoms. The molecule has 0 aliphatic heterocycles. The van der Waals surface area contributed by atoms with E-state index in [0.29, 0.717) is 11.4 Å². The lowest BCUT2D eigenvalue weighted by molar-refractivity contribution is -0.386. The van der Waals surface area contributed by atoms with E-state index in [1.54, 1.807) is 42.9 Å². The molecular weight excluding hydrogens is 395 g/mol. The molecule has 2 aromatic carbocycles. The quantitative estimate of drug-likeness (QED) is 0.493. The van der Waals surface area contributed by atoms with Gasteiger partial charge in [-0.15, -0.1) is 0 Å². The summed E-state index contributed by atoms with van der Waals surface area (Å²) in [5.74, 6) is -1.83. The Balaban J connectivity index is 1.86. The van der Waals surface area contributed by atoms with Gasteiger partial charge in [-0.25, -0.2) is 9.07 Å². The van der Waals surface area contributed by atoms with E-state index in [0.717, 1.165) is 18.2 Å². The van der Waals surface area contributed by atoms with Crippen molar-refractivity contribution in [2.45, 2.75) is 20.0 Å². The minimum atomic E-state index is -1.23. The number of carbonyl (C=O) groups excluding carboxylic acids is 1. The average molecular weight is 414 g/mol. The first-order valence-electron chi connectivity index (χ1n) is 8.96. The Morgan fingerprint density at radius 1 is 1.23 bits per heavy atom. The Labute approximate surface area is 170 Å². The molecule has 1 amide bonds. The number of anilines is 1. The molecule has 3 aromatic rings. The molecule has 0 spiro atoms. The van der Waals surface area contributed by atoms with Crippen LogP contribution in [-0.2, 0) is 11.8 Å². The fraction of sp³-hybridized carbons (Fsp3) is 0.200. The maximum atomic E-state index is 13.5. The van der Waals surface area contributed by atoms with Gasteiger partial charge in [0, 0.05) is 19.2 Å². The maximum absolute atomic E-state index is 13.5. The Morgan fingerprint density at radius 2 is 1.90 bits per heavy atom.